The van der Waals surface area contributed by atoms with E-state index < -0.39 is 0 Å². The summed E-state index contributed by atoms with van der Waals surface area (Å²) in [6.07, 6.45) is 8.79. The third-order valence-corrected chi connectivity index (χ3v) is 5.67. The minimum absolute atomic E-state index is 0.0900. The monoisotopic (exact) mass is 389 g/mol. The summed E-state index contributed by atoms with van der Waals surface area (Å²) in [5.41, 5.74) is 0. The maximum atomic E-state index is 11.0. The fourth-order valence-electron chi connectivity index (χ4n) is 2.88. The maximum Gasteiger partial charge on any atom is 0.254 e. The number of thioether (sulfide) groups is 1. The Labute approximate surface area is 162 Å². The van der Waals surface area contributed by atoms with Crippen molar-refractivity contribution in [3.63, 3.8) is 0 Å². The molecule has 2 aliphatic carbocycles. The Kier molecular flexibility index (Phi) is 5.24. The van der Waals surface area contributed by atoms with E-state index in [9.17, 15) is 4.79 Å². The van der Waals surface area contributed by atoms with Gasteiger partial charge in [-0.1, -0.05) is 17.8 Å². The second kappa shape index (κ2) is 7.80. The van der Waals surface area contributed by atoms with Crippen LogP contribution in [0.25, 0.3) is 0 Å². The Morgan fingerprint density at radius 3 is 3.07 bits per heavy atom. The third-order valence-electron chi connectivity index (χ3n) is 4.45. The van der Waals surface area contributed by atoms with Crippen LogP contribution < -0.4 is 10.1 Å². The lowest BCUT2D eigenvalue weighted by Crippen LogP contribution is -2.35. The first-order valence-electron chi connectivity index (χ1n) is 9.21. The van der Waals surface area contributed by atoms with E-state index in [1.54, 1.807) is 17.8 Å². The first-order valence-corrected chi connectivity index (χ1v) is 10.1. The van der Waals surface area contributed by atoms with E-state index in [-0.39, 0.29) is 23.2 Å². The predicted octanol–water partition coefficient (Wildman–Crippen LogP) is 2.69. The number of fused-ring (bicyclic) bond motifs is 1. The van der Waals surface area contributed by atoms with Gasteiger partial charge in [0.1, 0.15) is 17.4 Å². The fourth-order valence-corrected chi connectivity index (χ4v) is 4.02. The number of allylic oxidation sites excluding steroid dienone is 1. The van der Waals surface area contributed by atoms with Crippen molar-refractivity contribution in [2.75, 3.05) is 13.2 Å². The quantitative estimate of drug-likeness (QED) is 0.736. The summed E-state index contributed by atoms with van der Waals surface area (Å²) in [5, 5.41) is 7.72. The average molecular weight is 389 g/mol. The van der Waals surface area contributed by atoms with E-state index in [0.717, 1.165) is 23.3 Å². The molecular formula is C19H23N3O4S. The molecule has 1 aromatic rings. The molecule has 1 amide bonds. The molecule has 7 nitrogen and oxygen atoms in total. The van der Waals surface area contributed by atoms with Crippen LogP contribution >= 0.6 is 11.8 Å². The Morgan fingerprint density at radius 2 is 2.30 bits per heavy atom. The number of ether oxygens (including phenoxy) is 2. The van der Waals surface area contributed by atoms with Crippen molar-refractivity contribution in [1.82, 2.24) is 10.5 Å². The van der Waals surface area contributed by atoms with Crippen LogP contribution in [0.3, 0.4) is 0 Å². The highest BCUT2D eigenvalue weighted by Crippen LogP contribution is 2.37. The van der Waals surface area contributed by atoms with Gasteiger partial charge in [-0.25, -0.2) is 0 Å². The van der Waals surface area contributed by atoms with E-state index in [4.69, 9.17) is 19.0 Å². The lowest BCUT2D eigenvalue weighted by molar-refractivity contribution is -0.119. The molecule has 144 valence electrons. The highest BCUT2D eigenvalue weighted by molar-refractivity contribution is 8.15. The Morgan fingerprint density at radius 1 is 1.44 bits per heavy atom. The molecule has 27 heavy (non-hydrogen) atoms. The van der Waals surface area contributed by atoms with Crippen molar-refractivity contribution >= 4 is 22.7 Å². The zero-order valence-corrected chi connectivity index (χ0v) is 16.2. The molecule has 1 fully saturated rings. The van der Waals surface area contributed by atoms with Crippen LogP contribution in [0, 0.1) is 5.92 Å². The maximum absolute atomic E-state index is 11.0. The fraction of sp³-hybridized carbons (Fsp3) is 0.526. The Hall–Kier alpha value is -2.22. The van der Waals surface area contributed by atoms with Gasteiger partial charge >= 0.3 is 0 Å². The predicted molar refractivity (Wildman–Crippen MR) is 103 cm³/mol. The molecule has 0 spiro atoms. The molecule has 3 atom stereocenters. The van der Waals surface area contributed by atoms with Crippen LogP contribution in [0.4, 0.5) is 0 Å². The average Bonchev–Trinajstić information content (AvgIpc) is 3.17. The number of aromatic nitrogens is 1. The molecule has 4 rings (SSSR count). The minimum Gasteiger partial charge on any atom is -0.494 e. The van der Waals surface area contributed by atoms with Crippen LogP contribution in [0.5, 0.6) is 5.88 Å². The molecule has 8 heteroatoms. The lowest BCUT2D eigenvalue weighted by atomic mass is 10.1. The van der Waals surface area contributed by atoms with Crippen molar-refractivity contribution in [3.05, 3.63) is 35.8 Å². The topological polar surface area (TPSA) is 86.0 Å². The minimum atomic E-state index is -0.104. The third kappa shape index (κ3) is 4.74. The second-order valence-corrected chi connectivity index (χ2v) is 8.30. The van der Waals surface area contributed by atoms with Gasteiger partial charge in [-0.05, 0) is 43.0 Å². The van der Waals surface area contributed by atoms with Crippen molar-refractivity contribution in [3.8, 4) is 5.88 Å². The van der Waals surface area contributed by atoms with Crippen LogP contribution in [-0.2, 0) is 9.53 Å². The summed E-state index contributed by atoms with van der Waals surface area (Å²) in [5.74, 6) is 2.56. The van der Waals surface area contributed by atoms with E-state index in [2.05, 4.69) is 22.6 Å². The molecule has 0 aromatic carbocycles. The van der Waals surface area contributed by atoms with Crippen molar-refractivity contribution < 1.29 is 18.8 Å². The highest BCUT2D eigenvalue weighted by atomic mass is 32.2. The lowest BCUT2D eigenvalue weighted by Gasteiger charge is -2.17. The van der Waals surface area contributed by atoms with Crippen LogP contribution in [0.2, 0.25) is 0 Å². The molecular weight excluding hydrogens is 366 g/mol. The molecule has 3 aliphatic rings. The number of carbonyl (C=O) groups excluding carboxylic acids is 1. The SMILES string of the molecule is CC(=O)N[C@@H](C)COc1cc(C2=NC3C=CC(OCC4CC4)=CC3S2)on1. The largest absolute Gasteiger partial charge is 0.494 e. The van der Waals surface area contributed by atoms with Gasteiger partial charge < -0.3 is 19.3 Å². The molecule has 1 N–H and O–H groups in total. The van der Waals surface area contributed by atoms with Crippen LogP contribution in [-0.4, -0.2) is 46.7 Å². The van der Waals surface area contributed by atoms with Gasteiger partial charge in [0.25, 0.3) is 5.88 Å². The van der Waals surface area contributed by atoms with Gasteiger partial charge in [0.05, 0.1) is 30.0 Å². The zero-order valence-electron chi connectivity index (χ0n) is 15.4. The summed E-state index contributed by atoms with van der Waals surface area (Å²) in [6.45, 7) is 4.48. The van der Waals surface area contributed by atoms with Gasteiger partial charge in [-0.3, -0.25) is 9.79 Å². The Bertz CT molecular complexity index is 797. The first kappa shape index (κ1) is 18.2. The van der Waals surface area contributed by atoms with E-state index in [1.165, 1.54) is 19.8 Å². The summed E-state index contributed by atoms with van der Waals surface area (Å²) in [7, 11) is 0. The van der Waals surface area contributed by atoms with E-state index in [0.29, 0.717) is 18.2 Å². The van der Waals surface area contributed by atoms with Crippen LogP contribution in [0.1, 0.15) is 32.4 Å². The number of hydrogen-bond donors (Lipinski definition) is 1. The van der Waals surface area contributed by atoms with Gasteiger partial charge in [0, 0.05) is 6.92 Å². The van der Waals surface area contributed by atoms with Gasteiger partial charge in [-0.15, -0.1) is 0 Å². The highest BCUT2D eigenvalue weighted by Gasteiger charge is 2.32. The van der Waals surface area contributed by atoms with Gasteiger partial charge in [-0.2, -0.15) is 0 Å². The van der Waals surface area contributed by atoms with Crippen molar-refractivity contribution in [2.24, 2.45) is 10.9 Å². The summed E-state index contributed by atoms with van der Waals surface area (Å²) < 4.78 is 16.8. The van der Waals surface area contributed by atoms with Crippen molar-refractivity contribution in [2.45, 2.75) is 44.0 Å². The summed E-state index contributed by atoms with van der Waals surface area (Å²) in [4.78, 5) is 15.7. The van der Waals surface area contributed by atoms with Gasteiger partial charge in [0.2, 0.25) is 5.91 Å². The van der Waals surface area contributed by atoms with Crippen LogP contribution in [0.15, 0.2) is 39.6 Å². The standard InChI is InChI=1S/C19H23N3O4S/c1-11(20-12(2)23)9-25-18-8-16(26-22-18)19-21-15-6-5-14(7-17(15)27-19)24-10-13-3-4-13/h5-8,11,13,15,17H,3-4,9-10H2,1-2H3,(H,20,23)/t11-,15?,17?/m0/s1. The Balaban J connectivity index is 1.32. The summed E-state index contributed by atoms with van der Waals surface area (Å²) in [6, 6.07) is 1.72. The number of nitrogens with zero attached hydrogens (tertiary/aromatic N) is 2. The van der Waals surface area contributed by atoms with Crippen molar-refractivity contribution in [1.29, 1.82) is 0 Å². The molecule has 2 heterocycles. The number of amides is 1. The smallest absolute Gasteiger partial charge is 0.254 e. The number of hydrogen-bond acceptors (Lipinski definition) is 7. The molecule has 0 bridgehead atoms. The molecule has 1 aliphatic heterocycles. The number of nitrogens with one attached hydrogen (secondary N) is 1. The van der Waals surface area contributed by atoms with E-state index in [1.807, 2.05) is 13.0 Å². The van der Waals surface area contributed by atoms with Gasteiger partial charge in [0.15, 0.2) is 5.76 Å². The number of rotatable bonds is 8. The van der Waals surface area contributed by atoms with E-state index >= 15 is 0 Å². The molecule has 1 saturated carbocycles. The molecule has 0 saturated heterocycles. The summed E-state index contributed by atoms with van der Waals surface area (Å²) >= 11 is 1.64. The second-order valence-electron chi connectivity index (χ2n) is 7.13. The molecule has 1 aromatic heterocycles. The molecule has 0 radical (unpaired) electrons. The number of carbonyl (C=O) groups is 1. The first-order chi connectivity index (χ1) is 13.1. The number of aliphatic imine (C=N–C) groups is 1. The zero-order chi connectivity index (χ0) is 18.8. The molecule has 2 unspecified atom stereocenters. The normalized spacial score (nSPS) is 24.7.